The van der Waals surface area contributed by atoms with E-state index in [4.69, 9.17) is 16.7 Å². The van der Waals surface area contributed by atoms with E-state index < -0.39 is 0 Å². The molecule has 20 heavy (non-hydrogen) atoms. The monoisotopic (exact) mass is 268 g/mol. The molecule has 5 heteroatoms. The Morgan fingerprint density at radius 3 is 2.75 bits per heavy atom. The van der Waals surface area contributed by atoms with Gasteiger partial charge in [-0.25, -0.2) is 4.98 Å². The average Bonchev–Trinajstić information content (AvgIpc) is 2.38. The number of nitrogen functional groups attached to an aromatic ring is 1. The fraction of sp³-hybridized carbons (Fsp3) is 0.200. The van der Waals surface area contributed by atoms with Crippen LogP contribution in [0.2, 0.25) is 0 Å². The minimum Gasteiger partial charge on any atom is -0.507 e. The van der Waals surface area contributed by atoms with Crippen molar-refractivity contribution in [3.8, 4) is 23.1 Å². The van der Waals surface area contributed by atoms with Crippen LogP contribution >= 0.6 is 0 Å². The van der Waals surface area contributed by atoms with Crippen LogP contribution in [0.1, 0.15) is 16.7 Å². The van der Waals surface area contributed by atoms with Crippen molar-refractivity contribution in [2.75, 3.05) is 12.3 Å². The van der Waals surface area contributed by atoms with Gasteiger partial charge in [0, 0.05) is 5.56 Å². The van der Waals surface area contributed by atoms with Gasteiger partial charge in [-0.1, -0.05) is 12.1 Å². The van der Waals surface area contributed by atoms with Gasteiger partial charge in [0.15, 0.2) is 0 Å². The number of aryl methyl sites for hydroxylation is 1. The van der Waals surface area contributed by atoms with Crippen molar-refractivity contribution in [1.82, 2.24) is 4.98 Å². The molecule has 102 valence electrons. The first-order chi connectivity index (χ1) is 9.58. The first-order valence-corrected chi connectivity index (χ1v) is 6.27. The zero-order chi connectivity index (χ0) is 14.7. The van der Waals surface area contributed by atoms with E-state index in [2.05, 4.69) is 11.1 Å². The number of nitrogens with two attached hydrogens (primary N) is 2. The van der Waals surface area contributed by atoms with Crippen molar-refractivity contribution < 1.29 is 5.11 Å². The van der Waals surface area contributed by atoms with Crippen LogP contribution < -0.4 is 11.5 Å². The standard InChI is InChI=1S/C15H16N4O/c1-9-3-2-4-13(20)14(9)12-7-10(5-6-16)11(8-17)15(18)19-12/h2-4,7,20H,5-6,16H2,1H3,(H2,18,19). The van der Waals surface area contributed by atoms with Crippen LogP contribution in [0.3, 0.4) is 0 Å². The third kappa shape index (κ3) is 2.42. The molecule has 0 aliphatic rings. The highest BCUT2D eigenvalue weighted by Gasteiger charge is 2.14. The van der Waals surface area contributed by atoms with Crippen molar-refractivity contribution in [2.24, 2.45) is 5.73 Å². The SMILES string of the molecule is Cc1cccc(O)c1-c1cc(CCN)c(C#N)c(N)n1. The van der Waals surface area contributed by atoms with Crippen molar-refractivity contribution >= 4 is 5.82 Å². The maximum atomic E-state index is 10.0. The Hall–Kier alpha value is -2.58. The lowest BCUT2D eigenvalue weighted by molar-refractivity contribution is 0.477. The van der Waals surface area contributed by atoms with Gasteiger partial charge in [-0.2, -0.15) is 5.26 Å². The van der Waals surface area contributed by atoms with Crippen LogP contribution in [0.5, 0.6) is 5.75 Å². The topological polar surface area (TPSA) is 109 Å². The first kappa shape index (κ1) is 13.8. The summed E-state index contributed by atoms with van der Waals surface area (Å²) in [4.78, 5) is 4.23. The van der Waals surface area contributed by atoms with E-state index >= 15 is 0 Å². The predicted molar refractivity (Wildman–Crippen MR) is 78.0 cm³/mol. The van der Waals surface area contributed by atoms with Crippen LogP contribution in [0.15, 0.2) is 24.3 Å². The Morgan fingerprint density at radius 2 is 2.15 bits per heavy atom. The zero-order valence-corrected chi connectivity index (χ0v) is 11.2. The van der Waals surface area contributed by atoms with E-state index in [0.29, 0.717) is 29.8 Å². The molecule has 0 atom stereocenters. The molecular weight excluding hydrogens is 252 g/mol. The van der Waals surface area contributed by atoms with Gasteiger partial charge in [0.2, 0.25) is 0 Å². The van der Waals surface area contributed by atoms with E-state index in [1.165, 1.54) is 0 Å². The zero-order valence-electron chi connectivity index (χ0n) is 11.2. The van der Waals surface area contributed by atoms with E-state index in [-0.39, 0.29) is 11.6 Å². The van der Waals surface area contributed by atoms with Gasteiger partial charge in [-0.3, -0.25) is 0 Å². The molecule has 0 radical (unpaired) electrons. The molecule has 0 fully saturated rings. The molecule has 0 unspecified atom stereocenters. The van der Waals surface area contributed by atoms with Gasteiger partial charge in [0.05, 0.1) is 11.3 Å². The number of pyridine rings is 1. The van der Waals surface area contributed by atoms with Crippen molar-refractivity contribution in [1.29, 1.82) is 5.26 Å². The third-order valence-electron chi connectivity index (χ3n) is 3.16. The van der Waals surface area contributed by atoms with Gasteiger partial charge in [-0.05, 0) is 43.1 Å². The number of phenolic OH excluding ortho intramolecular Hbond substituents is 1. The number of hydrogen-bond donors (Lipinski definition) is 3. The average molecular weight is 268 g/mol. The van der Waals surface area contributed by atoms with Crippen LogP contribution in [0, 0.1) is 18.3 Å². The molecule has 5 N–H and O–H groups in total. The molecule has 0 saturated carbocycles. The summed E-state index contributed by atoms with van der Waals surface area (Å²) in [5.41, 5.74) is 14.6. The van der Waals surface area contributed by atoms with Gasteiger partial charge in [0.1, 0.15) is 17.6 Å². The molecule has 0 bridgehead atoms. The quantitative estimate of drug-likeness (QED) is 0.785. The van der Waals surface area contributed by atoms with Crippen LogP contribution in [0.25, 0.3) is 11.3 Å². The number of hydrogen-bond acceptors (Lipinski definition) is 5. The van der Waals surface area contributed by atoms with Crippen LogP contribution in [-0.2, 0) is 6.42 Å². The minimum atomic E-state index is 0.139. The molecule has 1 heterocycles. The largest absolute Gasteiger partial charge is 0.507 e. The van der Waals surface area contributed by atoms with Gasteiger partial charge in [-0.15, -0.1) is 0 Å². The molecule has 0 spiro atoms. The summed E-state index contributed by atoms with van der Waals surface area (Å²) < 4.78 is 0. The van der Waals surface area contributed by atoms with Crippen molar-refractivity contribution in [2.45, 2.75) is 13.3 Å². The Labute approximate surface area is 117 Å². The number of rotatable bonds is 3. The van der Waals surface area contributed by atoms with Gasteiger partial charge in [0.25, 0.3) is 0 Å². The lowest BCUT2D eigenvalue weighted by Gasteiger charge is -2.12. The summed E-state index contributed by atoms with van der Waals surface area (Å²) >= 11 is 0. The number of nitrogens with zero attached hydrogens (tertiary/aromatic N) is 2. The number of anilines is 1. The van der Waals surface area contributed by atoms with E-state index in [1.807, 2.05) is 13.0 Å². The predicted octanol–water partition coefficient (Wildman–Crippen LogP) is 1.72. The minimum absolute atomic E-state index is 0.139. The number of aromatic nitrogens is 1. The summed E-state index contributed by atoms with van der Waals surface area (Å²) in [6.07, 6.45) is 0.537. The summed E-state index contributed by atoms with van der Waals surface area (Å²) in [5.74, 6) is 0.302. The highest BCUT2D eigenvalue weighted by Crippen LogP contribution is 2.33. The lowest BCUT2D eigenvalue weighted by Crippen LogP contribution is -2.08. The molecule has 0 aliphatic carbocycles. The Kier molecular flexibility index (Phi) is 3.87. The van der Waals surface area contributed by atoms with Crippen molar-refractivity contribution in [3.63, 3.8) is 0 Å². The summed E-state index contributed by atoms with van der Waals surface area (Å²) in [7, 11) is 0. The molecule has 2 rings (SSSR count). The smallest absolute Gasteiger partial charge is 0.142 e. The van der Waals surface area contributed by atoms with Crippen LogP contribution in [0.4, 0.5) is 5.82 Å². The van der Waals surface area contributed by atoms with Gasteiger partial charge < -0.3 is 16.6 Å². The summed E-state index contributed by atoms with van der Waals surface area (Å²) in [6, 6.07) is 9.07. The van der Waals surface area contributed by atoms with Gasteiger partial charge >= 0.3 is 0 Å². The molecular formula is C15H16N4O. The van der Waals surface area contributed by atoms with E-state index in [1.54, 1.807) is 18.2 Å². The highest BCUT2D eigenvalue weighted by atomic mass is 16.3. The first-order valence-electron chi connectivity index (χ1n) is 6.27. The molecule has 0 aliphatic heterocycles. The van der Waals surface area contributed by atoms with Crippen LogP contribution in [-0.4, -0.2) is 16.6 Å². The van der Waals surface area contributed by atoms with E-state index in [0.717, 1.165) is 11.1 Å². The Balaban J connectivity index is 2.68. The van der Waals surface area contributed by atoms with Crippen molar-refractivity contribution in [3.05, 3.63) is 41.0 Å². The molecule has 0 saturated heterocycles. The third-order valence-corrected chi connectivity index (χ3v) is 3.16. The molecule has 5 nitrogen and oxygen atoms in total. The number of aromatic hydroxyl groups is 1. The Bertz CT molecular complexity index is 669. The maximum absolute atomic E-state index is 10.0. The molecule has 2 aromatic rings. The molecule has 1 aromatic heterocycles. The summed E-state index contributed by atoms with van der Waals surface area (Å²) in [5, 5.41) is 19.1. The second-order valence-electron chi connectivity index (χ2n) is 4.55. The second kappa shape index (κ2) is 5.59. The van der Waals surface area contributed by atoms with E-state index in [9.17, 15) is 5.11 Å². The number of benzene rings is 1. The lowest BCUT2D eigenvalue weighted by atomic mass is 9.99. The molecule has 1 aromatic carbocycles. The normalized spacial score (nSPS) is 10.2. The second-order valence-corrected chi connectivity index (χ2v) is 4.55. The fourth-order valence-electron chi connectivity index (χ4n) is 2.21. The number of phenols is 1. The highest BCUT2D eigenvalue weighted by molar-refractivity contribution is 5.73. The number of nitriles is 1. The maximum Gasteiger partial charge on any atom is 0.142 e. The Morgan fingerprint density at radius 1 is 1.40 bits per heavy atom. The summed E-state index contributed by atoms with van der Waals surface area (Å²) in [6.45, 7) is 2.30. The molecule has 0 amide bonds. The fourth-order valence-corrected chi connectivity index (χ4v) is 2.21.